The van der Waals surface area contributed by atoms with Gasteiger partial charge < -0.3 is 15.2 Å². The van der Waals surface area contributed by atoms with Gasteiger partial charge in [-0.15, -0.1) is 0 Å². The molecular formula is C13H14N2O2. The van der Waals surface area contributed by atoms with E-state index in [1.807, 2.05) is 30.3 Å². The van der Waals surface area contributed by atoms with Gasteiger partial charge in [0.1, 0.15) is 12.4 Å². The topological polar surface area (TPSA) is 54.4 Å². The van der Waals surface area contributed by atoms with E-state index in [-0.39, 0.29) is 5.75 Å². The van der Waals surface area contributed by atoms with Crippen molar-refractivity contribution in [3.05, 3.63) is 48.7 Å². The van der Waals surface area contributed by atoms with Gasteiger partial charge >= 0.3 is 0 Å². The molecule has 0 fully saturated rings. The van der Waals surface area contributed by atoms with Crippen LogP contribution in [0, 0.1) is 0 Å². The van der Waals surface area contributed by atoms with Crippen LogP contribution in [-0.2, 0) is 0 Å². The predicted molar refractivity (Wildman–Crippen MR) is 66.3 cm³/mol. The largest absolute Gasteiger partial charge is 0.508 e. The van der Waals surface area contributed by atoms with E-state index in [0.717, 1.165) is 5.69 Å². The number of hydrogen-bond acceptors (Lipinski definition) is 4. The molecule has 0 aliphatic rings. The minimum absolute atomic E-state index is 0.264. The molecule has 1 aromatic heterocycles. The van der Waals surface area contributed by atoms with E-state index in [1.54, 1.807) is 18.3 Å². The fraction of sp³-hybridized carbons (Fsp3) is 0.154. The second-order valence-corrected chi connectivity index (χ2v) is 3.49. The molecule has 4 nitrogen and oxygen atoms in total. The summed E-state index contributed by atoms with van der Waals surface area (Å²) in [6, 6.07) is 12.5. The van der Waals surface area contributed by atoms with Crippen molar-refractivity contribution >= 4 is 5.69 Å². The minimum atomic E-state index is 0.264. The zero-order valence-corrected chi connectivity index (χ0v) is 9.34. The van der Waals surface area contributed by atoms with Gasteiger partial charge in [-0.2, -0.15) is 0 Å². The molecule has 0 atom stereocenters. The van der Waals surface area contributed by atoms with Crippen molar-refractivity contribution in [1.82, 2.24) is 4.98 Å². The lowest BCUT2D eigenvalue weighted by atomic mass is 10.3. The van der Waals surface area contributed by atoms with Gasteiger partial charge in [-0.25, -0.2) is 4.98 Å². The van der Waals surface area contributed by atoms with Crippen molar-refractivity contribution in [3.8, 4) is 11.6 Å². The molecule has 0 unspecified atom stereocenters. The van der Waals surface area contributed by atoms with Crippen LogP contribution in [0.2, 0.25) is 0 Å². The molecule has 0 saturated heterocycles. The number of nitrogens with one attached hydrogen (secondary N) is 1. The fourth-order valence-corrected chi connectivity index (χ4v) is 1.36. The van der Waals surface area contributed by atoms with Crippen molar-refractivity contribution in [3.63, 3.8) is 0 Å². The Labute approximate surface area is 99.9 Å². The van der Waals surface area contributed by atoms with Crippen molar-refractivity contribution in [2.24, 2.45) is 0 Å². The zero-order valence-electron chi connectivity index (χ0n) is 9.34. The van der Waals surface area contributed by atoms with Crippen LogP contribution in [0.15, 0.2) is 48.7 Å². The lowest BCUT2D eigenvalue weighted by molar-refractivity contribution is 0.320. The first-order valence-corrected chi connectivity index (χ1v) is 5.41. The summed E-state index contributed by atoms with van der Waals surface area (Å²) >= 11 is 0. The Morgan fingerprint density at radius 2 is 1.94 bits per heavy atom. The van der Waals surface area contributed by atoms with E-state index in [9.17, 15) is 0 Å². The van der Waals surface area contributed by atoms with Gasteiger partial charge in [-0.05, 0) is 30.3 Å². The molecule has 88 valence electrons. The number of benzene rings is 1. The number of phenols is 1. The van der Waals surface area contributed by atoms with Gasteiger partial charge in [0, 0.05) is 24.5 Å². The second-order valence-electron chi connectivity index (χ2n) is 3.49. The summed E-state index contributed by atoms with van der Waals surface area (Å²) in [5.41, 5.74) is 0.951. The number of anilines is 1. The van der Waals surface area contributed by atoms with Gasteiger partial charge in [0.05, 0.1) is 0 Å². The molecule has 1 aromatic carbocycles. The third-order valence-electron chi connectivity index (χ3n) is 2.19. The highest BCUT2D eigenvalue weighted by Crippen LogP contribution is 2.13. The summed E-state index contributed by atoms with van der Waals surface area (Å²) in [4.78, 5) is 4.05. The number of aromatic hydroxyl groups is 1. The Balaban J connectivity index is 1.71. The van der Waals surface area contributed by atoms with Crippen LogP contribution in [0.4, 0.5) is 5.69 Å². The molecule has 1 heterocycles. The number of pyridine rings is 1. The summed E-state index contributed by atoms with van der Waals surface area (Å²) in [6.07, 6.45) is 1.70. The Morgan fingerprint density at radius 3 is 2.65 bits per heavy atom. The van der Waals surface area contributed by atoms with Crippen LogP contribution < -0.4 is 10.1 Å². The van der Waals surface area contributed by atoms with Gasteiger partial charge in [0.15, 0.2) is 0 Å². The smallest absolute Gasteiger partial charge is 0.213 e. The molecule has 0 bridgehead atoms. The van der Waals surface area contributed by atoms with E-state index in [4.69, 9.17) is 9.84 Å². The van der Waals surface area contributed by atoms with E-state index < -0.39 is 0 Å². The van der Waals surface area contributed by atoms with Gasteiger partial charge in [-0.3, -0.25) is 0 Å². The Hall–Kier alpha value is -2.23. The van der Waals surface area contributed by atoms with Gasteiger partial charge in [0.25, 0.3) is 0 Å². The maximum absolute atomic E-state index is 9.12. The zero-order chi connectivity index (χ0) is 11.9. The molecule has 2 aromatic rings. The number of rotatable bonds is 5. The Bertz CT molecular complexity index is 443. The lowest BCUT2D eigenvalue weighted by Crippen LogP contribution is -2.11. The Kier molecular flexibility index (Phi) is 3.81. The van der Waals surface area contributed by atoms with E-state index in [0.29, 0.717) is 19.0 Å². The van der Waals surface area contributed by atoms with Gasteiger partial charge in [-0.1, -0.05) is 6.07 Å². The van der Waals surface area contributed by atoms with Crippen molar-refractivity contribution < 1.29 is 9.84 Å². The van der Waals surface area contributed by atoms with Crippen LogP contribution in [0.1, 0.15) is 0 Å². The highest BCUT2D eigenvalue weighted by atomic mass is 16.5. The van der Waals surface area contributed by atoms with Crippen molar-refractivity contribution in [2.45, 2.75) is 0 Å². The third kappa shape index (κ3) is 3.68. The quantitative estimate of drug-likeness (QED) is 0.611. The summed E-state index contributed by atoms with van der Waals surface area (Å²) in [5.74, 6) is 0.889. The van der Waals surface area contributed by atoms with E-state index in [1.165, 1.54) is 0 Å². The molecule has 0 aliphatic heterocycles. The van der Waals surface area contributed by atoms with Crippen molar-refractivity contribution in [2.75, 3.05) is 18.5 Å². The lowest BCUT2D eigenvalue weighted by Gasteiger charge is -2.07. The fourth-order valence-electron chi connectivity index (χ4n) is 1.36. The van der Waals surface area contributed by atoms with E-state index in [2.05, 4.69) is 10.3 Å². The van der Waals surface area contributed by atoms with Crippen LogP contribution in [0.5, 0.6) is 11.6 Å². The number of aromatic nitrogens is 1. The normalized spacial score (nSPS) is 9.88. The summed E-state index contributed by atoms with van der Waals surface area (Å²) in [7, 11) is 0. The average molecular weight is 230 g/mol. The third-order valence-corrected chi connectivity index (χ3v) is 2.19. The van der Waals surface area contributed by atoms with Gasteiger partial charge in [0.2, 0.25) is 5.88 Å². The van der Waals surface area contributed by atoms with Crippen molar-refractivity contribution in [1.29, 1.82) is 0 Å². The average Bonchev–Trinajstić information content (AvgIpc) is 2.38. The molecule has 0 saturated carbocycles. The molecule has 0 spiro atoms. The summed E-state index contributed by atoms with van der Waals surface area (Å²) in [5, 5.41) is 12.3. The maximum Gasteiger partial charge on any atom is 0.213 e. The van der Waals surface area contributed by atoms with Crippen LogP contribution in [-0.4, -0.2) is 23.2 Å². The van der Waals surface area contributed by atoms with Crippen LogP contribution in [0.3, 0.4) is 0 Å². The predicted octanol–water partition coefficient (Wildman–Crippen LogP) is 2.28. The molecular weight excluding hydrogens is 216 g/mol. The molecule has 4 heteroatoms. The summed E-state index contributed by atoms with van der Waals surface area (Å²) in [6.45, 7) is 1.22. The van der Waals surface area contributed by atoms with Crippen LogP contribution in [0.25, 0.3) is 0 Å². The van der Waals surface area contributed by atoms with E-state index >= 15 is 0 Å². The maximum atomic E-state index is 9.12. The molecule has 0 radical (unpaired) electrons. The Morgan fingerprint density at radius 1 is 1.12 bits per heavy atom. The highest BCUT2D eigenvalue weighted by Gasteiger charge is 1.94. The number of ether oxygens (including phenoxy) is 1. The number of hydrogen-bond donors (Lipinski definition) is 2. The summed E-state index contributed by atoms with van der Waals surface area (Å²) < 4.78 is 5.43. The standard InChI is InChI=1S/C13H14N2O2/c16-12-6-4-11(5-7-12)14-9-10-17-13-3-1-2-8-15-13/h1-8,14,16H,9-10H2. The second kappa shape index (κ2) is 5.75. The molecule has 2 N–H and O–H groups in total. The molecule has 0 aliphatic carbocycles. The first kappa shape index (κ1) is 11.3. The number of phenolic OH excluding ortho intramolecular Hbond substituents is 1. The monoisotopic (exact) mass is 230 g/mol. The first-order valence-electron chi connectivity index (χ1n) is 5.41. The molecule has 2 rings (SSSR count). The molecule has 17 heavy (non-hydrogen) atoms. The number of nitrogens with zero attached hydrogens (tertiary/aromatic N) is 1. The first-order chi connectivity index (χ1) is 8.34. The minimum Gasteiger partial charge on any atom is -0.508 e. The highest BCUT2D eigenvalue weighted by molar-refractivity contribution is 5.45. The molecule has 0 amide bonds. The SMILES string of the molecule is Oc1ccc(NCCOc2ccccn2)cc1. The van der Waals surface area contributed by atoms with Crippen LogP contribution >= 0.6 is 0 Å².